The second kappa shape index (κ2) is 4.19. The highest BCUT2D eigenvalue weighted by atomic mass is 127. The van der Waals surface area contributed by atoms with E-state index in [0.717, 1.165) is 14.7 Å². The van der Waals surface area contributed by atoms with Crippen LogP contribution in [-0.4, -0.2) is 10.5 Å². The van der Waals surface area contributed by atoms with Crippen LogP contribution in [0.5, 0.6) is 0 Å². The summed E-state index contributed by atoms with van der Waals surface area (Å²) in [6, 6.07) is 6.35. The Bertz CT molecular complexity index is 675. The molecule has 4 heteroatoms. The molecule has 3 rings (SSSR count). The van der Waals surface area contributed by atoms with Crippen molar-refractivity contribution in [2.45, 2.75) is 0 Å². The van der Waals surface area contributed by atoms with Crippen LogP contribution in [0.1, 0.15) is 11.1 Å². The quantitative estimate of drug-likeness (QED) is 0.329. The molecule has 0 radical (unpaired) electrons. The van der Waals surface area contributed by atoms with Crippen LogP contribution in [0.2, 0.25) is 0 Å². The molecule has 0 unspecified atom stereocenters. The zero-order chi connectivity index (χ0) is 12.0. The molecular formula is C13H6I2N2. The third kappa shape index (κ3) is 1.75. The van der Waals surface area contributed by atoms with E-state index in [1.807, 2.05) is 6.08 Å². The van der Waals surface area contributed by atoms with E-state index in [2.05, 4.69) is 80.3 Å². The molecule has 0 heterocycles. The van der Waals surface area contributed by atoms with Crippen molar-refractivity contribution >= 4 is 62.5 Å². The van der Waals surface area contributed by atoms with Gasteiger partial charge in [-0.05, 0) is 86.2 Å². The van der Waals surface area contributed by atoms with Gasteiger partial charge in [0.05, 0.1) is 5.57 Å². The molecule has 0 bridgehead atoms. The van der Waals surface area contributed by atoms with E-state index >= 15 is 0 Å². The SMILES string of the molecule is [N-]=[N+]=C1C(I)=CC=C2C1=Cc1cc(I)ccc12. The summed E-state index contributed by atoms with van der Waals surface area (Å²) in [7, 11) is 0. The minimum Gasteiger partial charge on any atom is -0.361 e. The molecule has 1 aromatic rings. The van der Waals surface area contributed by atoms with Crippen LogP contribution < -0.4 is 0 Å². The summed E-state index contributed by atoms with van der Waals surface area (Å²) in [5.74, 6) is 0. The van der Waals surface area contributed by atoms with Gasteiger partial charge < -0.3 is 5.53 Å². The molecule has 0 aromatic heterocycles. The van der Waals surface area contributed by atoms with Gasteiger partial charge in [0.25, 0.3) is 0 Å². The van der Waals surface area contributed by atoms with E-state index in [9.17, 15) is 0 Å². The van der Waals surface area contributed by atoms with Crippen LogP contribution >= 0.6 is 45.2 Å². The first-order chi connectivity index (χ1) is 8.20. The summed E-state index contributed by atoms with van der Waals surface area (Å²) in [6.07, 6.45) is 6.15. The Labute approximate surface area is 126 Å². The maximum atomic E-state index is 9.11. The topological polar surface area (TPSA) is 36.4 Å². The molecular weight excluding hydrogens is 438 g/mol. The van der Waals surface area contributed by atoms with Gasteiger partial charge in [-0.3, -0.25) is 0 Å². The molecule has 0 saturated heterocycles. The summed E-state index contributed by atoms with van der Waals surface area (Å²) in [4.78, 5) is 3.41. The van der Waals surface area contributed by atoms with E-state index in [-0.39, 0.29) is 0 Å². The van der Waals surface area contributed by atoms with Crippen molar-refractivity contribution in [1.82, 2.24) is 0 Å². The first-order valence-corrected chi connectivity index (χ1v) is 7.19. The Kier molecular flexibility index (Phi) is 2.80. The minimum absolute atomic E-state index is 0.661. The highest BCUT2D eigenvalue weighted by Gasteiger charge is 2.31. The molecule has 1 aromatic carbocycles. The summed E-state index contributed by atoms with van der Waals surface area (Å²) >= 11 is 4.49. The molecule has 0 amide bonds. The van der Waals surface area contributed by atoms with Gasteiger partial charge in [-0.25, -0.2) is 0 Å². The Morgan fingerprint density at radius 3 is 2.65 bits per heavy atom. The van der Waals surface area contributed by atoms with Crippen LogP contribution in [0.25, 0.3) is 17.2 Å². The number of halogens is 2. The minimum atomic E-state index is 0.661. The van der Waals surface area contributed by atoms with E-state index in [1.54, 1.807) is 0 Å². The second-order valence-corrected chi connectivity index (χ2v) is 6.24. The van der Waals surface area contributed by atoms with Gasteiger partial charge in [-0.2, -0.15) is 4.79 Å². The maximum Gasteiger partial charge on any atom is 0.336 e. The molecule has 0 fully saturated rings. The van der Waals surface area contributed by atoms with Gasteiger partial charge in [0, 0.05) is 3.57 Å². The van der Waals surface area contributed by atoms with Gasteiger partial charge in [0.1, 0.15) is 3.58 Å². The van der Waals surface area contributed by atoms with Gasteiger partial charge in [-0.15, -0.1) is 0 Å². The van der Waals surface area contributed by atoms with Crippen molar-refractivity contribution in [3.8, 4) is 0 Å². The average Bonchev–Trinajstić information content (AvgIpc) is 2.66. The molecule has 82 valence electrons. The summed E-state index contributed by atoms with van der Waals surface area (Å²) in [5.41, 5.74) is 14.3. The first-order valence-electron chi connectivity index (χ1n) is 5.03. The first kappa shape index (κ1) is 11.4. The number of benzene rings is 1. The monoisotopic (exact) mass is 444 g/mol. The van der Waals surface area contributed by atoms with Crippen molar-refractivity contribution in [1.29, 1.82) is 0 Å². The van der Waals surface area contributed by atoms with Crippen molar-refractivity contribution in [2.75, 3.05) is 0 Å². The smallest absolute Gasteiger partial charge is 0.336 e. The standard InChI is InChI=1S/C13H6I2N2/c14-8-1-2-9-7(5-8)6-11-10(9)3-4-12(15)13(11)17-16/h1-6H. The molecule has 17 heavy (non-hydrogen) atoms. The lowest BCUT2D eigenvalue weighted by molar-refractivity contribution is -0.00221. The molecule has 0 atom stereocenters. The highest BCUT2D eigenvalue weighted by Crippen LogP contribution is 2.40. The number of rotatable bonds is 0. The number of nitrogens with zero attached hydrogens (tertiary/aromatic N) is 2. The molecule has 0 N–H and O–H groups in total. The number of allylic oxidation sites excluding steroid dienone is 5. The van der Waals surface area contributed by atoms with Gasteiger partial charge in [0.15, 0.2) is 0 Å². The average molecular weight is 444 g/mol. The normalized spacial score (nSPS) is 16.6. The van der Waals surface area contributed by atoms with Gasteiger partial charge in [-0.1, -0.05) is 12.1 Å². The van der Waals surface area contributed by atoms with Crippen LogP contribution in [-0.2, 0) is 0 Å². The van der Waals surface area contributed by atoms with Crippen molar-refractivity contribution in [3.05, 3.63) is 59.7 Å². The molecule has 2 aliphatic rings. The molecule has 2 aliphatic carbocycles. The zero-order valence-electron chi connectivity index (χ0n) is 8.61. The molecule has 0 spiro atoms. The Hall–Kier alpha value is -0.720. The van der Waals surface area contributed by atoms with E-state index in [1.165, 1.54) is 14.7 Å². The lowest BCUT2D eigenvalue weighted by atomic mass is 9.96. The third-order valence-corrected chi connectivity index (χ3v) is 4.41. The largest absolute Gasteiger partial charge is 0.361 e. The summed E-state index contributed by atoms with van der Waals surface area (Å²) in [6.45, 7) is 0. The third-order valence-electron chi connectivity index (χ3n) is 2.87. The van der Waals surface area contributed by atoms with Gasteiger partial charge in [0.2, 0.25) is 0 Å². The number of hydrogen-bond acceptors (Lipinski definition) is 0. The van der Waals surface area contributed by atoms with Crippen LogP contribution in [0.3, 0.4) is 0 Å². The predicted octanol–water partition coefficient (Wildman–Crippen LogP) is 4.07. The second-order valence-electron chi connectivity index (χ2n) is 3.83. The zero-order valence-corrected chi connectivity index (χ0v) is 12.9. The van der Waals surface area contributed by atoms with E-state index in [4.69, 9.17) is 5.53 Å². The van der Waals surface area contributed by atoms with Crippen LogP contribution in [0.4, 0.5) is 0 Å². The Morgan fingerprint density at radius 2 is 1.88 bits per heavy atom. The van der Waals surface area contributed by atoms with Crippen molar-refractivity contribution in [2.24, 2.45) is 0 Å². The Morgan fingerprint density at radius 1 is 1.06 bits per heavy atom. The summed E-state index contributed by atoms with van der Waals surface area (Å²) in [5, 5.41) is 0. The lowest BCUT2D eigenvalue weighted by Gasteiger charge is -2.07. The fourth-order valence-electron chi connectivity index (χ4n) is 2.12. The molecule has 0 aliphatic heterocycles. The van der Waals surface area contributed by atoms with E-state index in [0.29, 0.717) is 5.71 Å². The van der Waals surface area contributed by atoms with E-state index < -0.39 is 0 Å². The molecule has 0 saturated carbocycles. The van der Waals surface area contributed by atoms with Crippen molar-refractivity contribution < 1.29 is 4.79 Å². The number of hydrogen-bond donors (Lipinski definition) is 0. The van der Waals surface area contributed by atoms with Gasteiger partial charge >= 0.3 is 5.71 Å². The predicted molar refractivity (Wildman–Crippen MR) is 85.8 cm³/mol. The fraction of sp³-hybridized carbons (Fsp3) is 0. The summed E-state index contributed by atoms with van der Waals surface area (Å²) < 4.78 is 2.17. The van der Waals surface area contributed by atoms with Crippen LogP contribution in [0, 0.1) is 3.57 Å². The van der Waals surface area contributed by atoms with Crippen LogP contribution in [0.15, 0.2) is 39.5 Å². The maximum absolute atomic E-state index is 9.11. The highest BCUT2D eigenvalue weighted by molar-refractivity contribution is 14.1. The Balaban J connectivity index is 2.27. The number of fused-ring (bicyclic) bond motifs is 3. The fourth-order valence-corrected chi connectivity index (χ4v) is 3.21. The van der Waals surface area contributed by atoms with Crippen molar-refractivity contribution in [3.63, 3.8) is 0 Å². The molecule has 2 nitrogen and oxygen atoms in total. The lowest BCUT2D eigenvalue weighted by Crippen LogP contribution is -2.07.